The van der Waals surface area contributed by atoms with E-state index in [2.05, 4.69) is 15.9 Å². The predicted octanol–water partition coefficient (Wildman–Crippen LogP) is 4.74. The molecule has 0 saturated heterocycles. The molecule has 0 fully saturated rings. The minimum atomic E-state index is -6.22. The molecule has 14 heteroatoms. The van der Waals surface area contributed by atoms with Gasteiger partial charge in [0.25, 0.3) is 0 Å². The Morgan fingerprint density at radius 1 is 1.04 bits per heavy atom. The molecule has 1 rings (SSSR count). The summed E-state index contributed by atoms with van der Waals surface area (Å²) in [5.74, 6) is -4.12. The van der Waals surface area contributed by atoms with Gasteiger partial charge >= 0.3 is 22.4 Å². The van der Waals surface area contributed by atoms with E-state index in [0.29, 0.717) is 0 Å². The maximum Gasteiger partial charge on any atom is 0.433 e. The SMILES string of the molecule is Nc1c(Br)cc(C(F)(C(F)(F)F)C(F)(F)Br)cc1S(=O)(=O)C(F)F. The summed E-state index contributed by atoms with van der Waals surface area (Å²) in [6.07, 6.45) is -6.22. The number of hydrogen-bond donors (Lipinski definition) is 1. The first kappa shape index (κ1) is 21.4. The van der Waals surface area contributed by atoms with Gasteiger partial charge in [0, 0.05) is 10.0 Å². The number of halogens is 10. The van der Waals surface area contributed by atoms with Crippen molar-refractivity contribution in [3.63, 3.8) is 0 Å². The van der Waals surface area contributed by atoms with Crippen molar-refractivity contribution in [3.05, 3.63) is 22.2 Å². The third-order valence-electron chi connectivity index (χ3n) is 2.81. The molecule has 0 aromatic heterocycles. The molecular formula is C10H5Br2F8NO2S. The number of rotatable bonds is 4. The minimum Gasteiger partial charge on any atom is -0.397 e. The number of alkyl halides is 9. The van der Waals surface area contributed by atoms with Crippen LogP contribution in [0.25, 0.3) is 0 Å². The van der Waals surface area contributed by atoms with Crippen LogP contribution < -0.4 is 5.73 Å². The smallest absolute Gasteiger partial charge is 0.397 e. The quantitative estimate of drug-likeness (QED) is 0.358. The highest BCUT2D eigenvalue weighted by molar-refractivity contribution is 9.10. The van der Waals surface area contributed by atoms with Crippen molar-refractivity contribution in [3.8, 4) is 0 Å². The van der Waals surface area contributed by atoms with Crippen LogP contribution in [0, 0.1) is 0 Å². The Balaban J connectivity index is 3.89. The van der Waals surface area contributed by atoms with Crippen molar-refractivity contribution in [2.24, 2.45) is 0 Å². The molecule has 0 radical (unpaired) electrons. The fourth-order valence-electron chi connectivity index (χ4n) is 1.61. The molecule has 0 aliphatic heterocycles. The van der Waals surface area contributed by atoms with E-state index in [1.807, 2.05) is 0 Å². The summed E-state index contributed by atoms with van der Waals surface area (Å²) in [7, 11) is -5.59. The summed E-state index contributed by atoms with van der Waals surface area (Å²) in [6, 6.07) is -0.174. The summed E-state index contributed by atoms with van der Waals surface area (Å²) in [6.45, 7) is 0. The van der Waals surface area contributed by atoms with E-state index in [9.17, 15) is 43.5 Å². The Morgan fingerprint density at radius 3 is 1.83 bits per heavy atom. The van der Waals surface area contributed by atoms with Crippen molar-refractivity contribution >= 4 is 47.4 Å². The number of nitrogens with two attached hydrogens (primary N) is 1. The summed E-state index contributed by atoms with van der Waals surface area (Å²) in [5, 5.41) is 0. The zero-order valence-electron chi connectivity index (χ0n) is 10.8. The van der Waals surface area contributed by atoms with E-state index in [-0.39, 0.29) is 12.1 Å². The highest BCUT2D eigenvalue weighted by Crippen LogP contribution is 2.56. The van der Waals surface area contributed by atoms with E-state index < -0.39 is 52.9 Å². The Kier molecular flexibility index (Phi) is 5.59. The normalized spacial score (nSPS) is 16.3. The second-order valence-corrected chi connectivity index (χ2v) is 8.07. The number of nitrogen functional groups attached to an aromatic ring is 1. The molecular weight excluding hydrogens is 510 g/mol. The first-order valence-electron chi connectivity index (χ1n) is 5.41. The number of benzene rings is 1. The molecule has 1 unspecified atom stereocenters. The molecule has 0 heterocycles. The van der Waals surface area contributed by atoms with Gasteiger partial charge < -0.3 is 5.73 Å². The predicted molar refractivity (Wildman–Crippen MR) is 74.5 cm³/mol. The largest absolute Gasteiger partial charge is 0.433 e. The molecule has 1 atom stereocenters. The molecule has 0 amide bonds. The molecule has 0 saturated carbocycles. The van der Waals surface area contributed by atoms with Gasteiger partial charge in [-0.3, -0.25) is 0 Å². The highest BCUT2D eigenvalue weighted by atomic mass is 79.9. The van der Waals surface area contributed by atoms with Crippen LogP contribution in [0.1, 0.15) is 5.56 Å². The molecule has 1 aromatic rings. The van der Waals surface area contributed by atoms with Crippen LogP contribution in [0.15, 0.2) is 21.5 Å². The van der Waals surface area contributed by atoms with Gasteiger partial charge in [-0.25, -0.2) is 12.8 Å². The second kappa shape index (κ2) is 6.27. The summed E-state index contributed by atoms with van der Waals surface area (Å²) < 4.78 is 127. The minimum absolute atomic E-state index is 0.127. The first-order chi connectivity index (χ1) is 10.5. The molecule has 0 spiro atoms. The Bertz CT molecular complexity index is 730. The number of hydrogen-bond acceptors (Lipinski definition) is 3. The standard InChI is InChI=1S/C10H5Br2F8NO2S/c11-4-1-3(8(15,9(12,16)17)10(18,19)20)2-5(6(4)21)24(22,23)7(13)14/h1-2,7H,21H2. The average Bonchev–Trinajstić information content (AvgIpc) is 2.37. The first-order valence-corrected chi connectivity index (χ1v) is 8.55. The fraction of sp³-hybridized carbons (Fsp3) is 0.400. The van der Waals surface area contributed by atoms with E-state index in [4.69, 9.17) is 5.73 Å². The highest BCUT2D eigenvalue weighted by Gasteiger charge is 2.71. The third kappa shape index (κ3) is 3.36. The van der Waals surface area contributed by atoms with Gasteiger partial charge in [-0.2, -0.15) is 30.7 Å². The zero-order chi connectivity index (χ0) is 19.3. The lowest BCUT2D eigenvalue weighted by Gasteiger charge is -2.32. The Morgan fingerprint density at radius 2 is 1.50 bits per heavy atom. The second-order valence-electron chi connectivity index (χ2n) is 4.33. The van der Waals surface area contributed by atoms with Crippen LogP contribution in [0.5, 0.6) is 0 Å². The maximum absolute atomic E-state index is 14.3. The van der Waals surface area contributed by atoms with E-state index in [1.165, 1.54) is 15.9 Å². The molecule has 0 aliphatic carbocycles. The van der Waals surface area contributed by atoms with Crippen LogP contribution in [0.2, 0.25) is 0 Å². The monoisotopic (exact) mass is 513 g/mol. The van der Waals surface area contributed by atoms with Crippen LogP contribution in [0.3, 0.4) is 0 Å². The summed E-state index contributed by atoms with van der Waals surface area (Å²) in [4.78, 5) is -6.86. The molecule has 24 heavy (non-hydrogen) atoms. The lowest BCUT2D eigenvalue weighted by Crippen LogP contribution is -2.49. The van der Waals surface area contributed by atoms with Gasteiger partial charge in [0.2, 0.25) is 9.84 Å². The molecule has 1 aromatic carbocycles. The lowest BCUT2D eigenvalue weighted by atomic mass is 9.95. The van der Waals surface area contributed by atoms with Crippen molar-refractivity contribution in [1.82, 2.24) is 0 Å². The van der Waals surface area contributed by atoms with Crippen molar-refractivity contribution < 1.29 is 43.5 Å². The third-order valence-corrected chi connectivity index (χ3v) is 5.43. The molecule has 0 aliphatic rings. The maximum atomic E-state index is 14.3. The van der Waals surface area contributed by atoms with E-state index >= 15 is 0 Å². The Labute approximate surface area is 146 Å². The van der Waals surface area contributed by atoms with Crippen molar-refractivity contribution in [2.45, 2.75) is 27.3 Å². The van der Waals surface area contributed by atoms with Gasteiger partial charge in [0.15, 0.2) is 0 Å². The van der Waals surface area contributed by atoms with Gasteiger partial charge in [-0.1, -0.05) is 0 Å². The molecule has 3 nitrogen and oxygen atoms in total. The van der Waals surface area contributed by atoms with Gasteiger partial charge in [0.05, 0.1) is 10.6 Å². The molecule has 2 N–H and O–H groups in total. The van der Waals surface area contributed by atoms with E-state index in [1.54, 1.807) is 0 Å². The Hall–Kier alpha value is -0.630. The van der Waals surface area contributed by atoms with Crippen LogP contribution >= 0.6 is 31.9 Å². The number of anilines is 1. The van der Waals surface area contributed by atoms with Crippen molar-refractivity contribution in [2.75, 3.05) is 5.73 Å². The van der Waals surface area contributed by atoms with Crippen molar-refractivity contribution in [1.29, 1.82) is 0 Å². The van der Waals surface area contributed by atoms with Crippen LogP contribution in [-0.2, 0) is 15.5 Å². The number of sulfone groups is 1. The summed E-state index contributed by atoms with van der Waals surface area (Å²) in [5.41, 5.74) is -3.16. The molecule has 138 valence electrons. The zero-order valence-corrected chi connectivity index (χ0v) is 14.8. The topological polar surface area (TPSA) is 60.2 Å². The van der Waals surface area contributed by atoms with Gasteiger partial charge in [-0.05, 0) is 44.0 Å². The van der Waals surface area contributed by atoms with Gasteiger partial charge in [0.1, 0.15) is 0 Å². The fourth-order valence-corrected chi connectivity index (χ4v) is 3.56. The van der Waals surface area contributed by atoms with Gasteiger partial charge in [-0.15, -0.1) is 0 Å². The van der Waals surface area contributed by atoms with E-state index in [0.717, 1.165) is 0 Å². The lowest BCUT2D eigenvalue weighted by molar-refractivity contribution is -0.282. The molecule has 0 bridgehead atoms. The van der Waals surface area contributed by atoms with Crippen LogP contribution in [0.4, 0.5) is 40.8 Å². The van der Waals surface area contributed by atoms with Crippen LogP contribution in [-0.4, -0.2) is 25.2 Å². The summed E-state index contributed by atoms with van der Waals surface area (Å²) >= 11 is 3.68. The average molecular weight is 515 g/mol.